The van der Waals surface area contributed by atoms with Gasteiger partial charge in [-0.2, -0.15) is 0 Å². The number of carbonyl (C=O) groups is 1. The second-order valence-corrected chi connectivity index (χ2v) is 2.34. The number of aliphatic hydroxyl groups excluding tert-OH is 2. The smallest absolute Gasteiger partial charge is 0.331 e. The van der Waals surface area contributed by atoms with Crippen molar-refractivity contribution in [3.05, 3.63) is 12.2 Å². The molecular weight excluding hydrogens is 162 g/mol. The molecule has 0 heterocycles. The van der Waals surface area contributed by atoms with E-state index in [1.165, 1.54) is 4.90 Å². The van der Waals surface area contributed by atoms with E-state index in [2.05, 4.69) is 6.58 Å². The third-order valence-electron chi connectivity index (χ3n) is 1.43. The average molecular weight is 175 g/mol. The molecule has 0 aromatic rings. The summed E-state index contributed by atoms with van der Waals surface area (Å²) >= 11 is 0. The lowest BCUT2D eigenvalue weighted by Gasteiger charge is -2.15. The molecule has 0 unspecified atom stereocenters. The molecule has 5 nitrogen and oxygen atoms in total. The van der Waals surface area contributed by atoms with Crippen molar-refractivity contribution >= 4 is 5.97 Å². The highest BCUT2D eigenvalue weighted by molar-refractivity contribution is 5.85. The van der Waals surface area contributed by atoms with Crippen LogP contribution in [0.4, 0.5) is 0 Å². The summed E-state index contributed by atoms with van der Waals surface area (Å²) in [5.74, 6) is -1.05. The van der Waals surface area contributed by atoms with Crippen LogP contribution in [-0.2, 0) is 4.79 Å². The Morgan fingerprint density at radius 3 is 2.17 bits per heavy atom. The number of rotatable bonds is 6. The molecule has 3 N–H and O–H groups in total. The molecule has 5 heteroatoms. The van der Waals surface area contributed by atoms with Crippen LogP contribution in [0.2, 0.25) is 0 Å². The van der Waals surface area contributed by atoms with Gasteiger partial charge in [0.1, 0.15) is 0 Å². The lowest BCUT2D eigenvalue weighted by molar-refractivity contribution is -0.132. The van der Waals surface area contributed by atoms with E-state index in [9.17, 15) is 4.79 Å². The summed E-state index contributed by atoms with van der Waals surface area (Å²) in [7, 11) is 0. The van der Waals surface area contributed by atoms with Crippen molar-refractivity contribution in [2.24, 2.45) is 0 Å². The number of hydrogen-bond donors (Lipinski definition) is 3. The molecule has 0 bridgehead atoms. The summed E-state index contributed by atoms with van der Waals surface area (Å²) in [6, 6.07) is 0. The lowest BCUT2D eigenvalue weighted by Crippen LogP contribution is -2.27. The Morgan fingerprint density at radius 1 is 1.33 bits per heavy atom. The van der Waals surface area contributed by atoms with Crippen molar-refractivity contribution in [2.75, 3.05) is 20.0 Å². The van der Waals surface area contributed by atoms with E-state index >= 15 is 0 Å². The lowest BCUT2D eigenvalue weighted by atomic mass is 10.2. The molecule has 0 aliphatic rings. The molecule has 0 saturated heterocycles. The predicted octanol–water partition coefficient (Wildman–Crippen LogP) is -0.781. The summed E-state index contributed by atoms with van der Waals surface area (Å²) in [6.07, 6.45) is 0.233. The quantitative estimate of drug-likeness (QED) is 0.364. The minimum absolute atomic E-state index is 0.0712. The van der Waals surface area contributed by atoms with Crippen LogP contribution in [0.3, 0.4) is 0 Å². The first kappa shape index (κ1) is 11.1. The Kier molecular flexibility index (Phi) is 5.27. The van der Waals surface area contributed by atoms with Gasteiger partial charge in [0.05, 0.1) is 13.5 Å². The zero-order valence-electron chi connectivity index (χ0n) is 6.73. The number of carboxylic acids is 1. The molecule has 0 saturated carbocycles. The molecule has 0 amide bonds. The SMILES string of the molecule is C=C(CCN(CO)CO)C(=O)O. The molecule has 12 heavy (non-hydrogen) atoms. The Balaban J connectivity index is 3.66. The van der Waals surface area contributed by atoms with Crippen LogP contribution in [0.15, 0.2) is 12.2 Å². The van der Waals surface area contributed by atoms with Crippen molar-refractivity contribution in [3.8, 4) is 0 Å². The normalized spacial score (nSPS) is 10.2. The van der Waals surface area contributed by atoms with Gasteiger partial charge in [0.15, 0.2) is 0 Å². The van der Waals surface area contributed by atoms with Gasteiger partial charge in [0, 0.05) is 12.1 Å². The van der Waals surface area contributed by atoms with Gasteiger partial charge >= 0.3 is 5.97 Å². The van der Waals surface area contributed by atoms with E-state index in [0.29, 0.717) is 0 Å². The van der Waals surface area contributed by atoms with Gasteiger partial charge in [0.25, 0.3) is 0 Å². The number of hydrogen-bond acceptors (Lipinski definition) is 4. The molecule has 0 radical (unpaired) electrons. The molecule has 0 rings (SSSR count). The maximum Gasteiger partial charge on any atom is 0.331 e. The highest BCUT2D eigenvalue weighted by Crippen LogP contribution is 1.99. The second kappa shape index (κ2) is 5.70. The largest absolute Gasteiger partial charge is 0.478 e. The van der Waals surface area contributed by atoms with Crippen molar-refractivity contribution in [3.63, 3.8) is 0 Å². The monoisotopic (exact) mass is 175 g/mol. The maximum atomic E-state index is 10.2. The van der Waals surface area contributed by atoms with E-state index in [-0.39, 0.29) is 32.0 Å². The predicted molar refractivity (Wildman–Crippen MR) is 42.3 cm³/mol. The fraction of sp³-hybridized carbons (Fsp3) is 0.571. The Morgan fingerprint density at radius 2 is 1.83 bits per heavy atom. The third-order valence-corrected chi connectivity index (χ3v) is 1.43. The van der Waals surface area contributed by atoms with E-state index in [4.69, 9.17) is 15.3 Å². The molecule has 0 aromatic carbocycles. The van der Waals surface area contributed by atoms with Gasteiger partial charge < -0.3 is 15.3 Å². The van der Waals surface area contributed by atoms with E-state index in [0.717, 1.165) is 0 Å². The number of nitrogens with zero attached hydrogens (tertiary/aromatic N) is 1. The van der Waals surface area contributed by atoms with Crippen LogP contribution in [0, 0.1) is 0 Å². The fourth-order valence-electron chi connectivity index (χ4n) is 0.586. The summed E-state index contributed by atoms with van der Waals surface area (Å²) in [5, 5.41) is 25.5. The number of aliphatic hydroxyl groups is 2. The zero-order chi connectivity index (χ0) is 9.56. The first-order valence-electron chi connectivity index (χ1n) is 3.47. The topological polar surface area (TPSA) is 81.0 Å². The van der Waals surface area contributed by atoms with Crippen LogP contribution in [0.25, 0.3) is 0 Å². The minimum atomic E-state index is -1.05. The third kappa shape index (κ3) is 4.07. The average Bonchev–Trinajstić information content (AvgIpc) is 2.05. The van der Waals surface area contributed by atoms with Gasteiger partial charge in [-0.1, -0.05) is 6.58 Å². The minimum Gasteiger partial charge on any atom is -0.478 e. The Hall–Kier alpha value is -0.910. The molecule has 0 fully saturated rings. The number of aliphatic carboxylic acids is 1. The molecular formula is C7H13NO4. The molecule has 0 spiro atoms. The first-order chi connectivity index (χ1) is 5.61. The van der Waals surface area contributed by atoms with Crippen molar-refractivity contribution in [2.45, 2.75) is 6.42 Å². The van der Waals surface area contributed by atoms with Crippen LogP contribution in [-0.4, -0.2) is 46.2 Å². The Bertz CT molecular complexity index is 165. The fourth-order valence-corrected chi connectivity index (χ4v) is 0.586. The molecule has 0 atom stereocenters. The molecule has 0 aliphatic carbocycles. The van der Waals surface area contributed by atoms with Crippen LogP contribution in [0.5, 0.6) is 0 Å². The summed E-state index contributed by atoms with van der Waals surface area (Å²) in [6.45, 7) is 3.02. The van der Waals surface area contributed by atoms with Gasteiger partial charge in [-0.25, -0.2) is 4.79 Å². The Labute approximate surface area is 70.5 Å². The van der Waals surface area contributed by atoms with Gasteiger partial charge in [0.2, 0.25) is 0 Å². The van der Waals surface area contributed by atoms with Crippen LogP contribution >= 0.6 is 0 Å². The van der Waals surface area contributed by atoms with Gasteiger partial charge in [-0.15, -0.1) is 0 Å². The highest BCUT2D eigenvalue weighted by atomic mass is 16.4. The maximum absolute atomic E-state index is 10.2. The van der Waals surface area contributed by atoms with Crippen LogP contribution < -0.4 is 0 Å². The van der Waals surface area contributed by atoms with E-state index in [1.807, 2.05) is 0 Å². The standard InChI is InChI=1S/C7H13NO4/c1-6(7(11)12)2-3-8(4-9)5-10/h9-10H,1-5H2,(H,11,12). The highest BCUT2D eigenvalue weighted by Gasteiger charge is 2.06. The first-order valence-corrected chi connectivity index (χ1v) is 3.47. The summed E-state index contributed by atoms with van der Waals surface area (Å²) in [4.78, 5) is 11.5. The zero-order valence-corrected chi connectivity index (χ0v) is 6.73. The van der Waals surface area contributed by atoms with Gasteiger partial charge in [-0.3, -0.25) is 4.90 Å². The second-order valence-electron chi connectivity index (χ2n) is 2.34. The van der Waals surface area contributed by atoms with Crippen LogP contribution in [0.1, 0.15) is 6.42 Å². The molecule has 70 valence electrons. The van der Waals surface area contributed by atoms with Gasteiger partial charge in [-0.05, 0) is 6.42 Å². The van der Waals surface area contributed by atoms with Crippen molar-refractivity contribution in [1.29, 1.82) is 0 Å². The van der Waals surface area contributed by atoms with Crippen molar-refractivity contribution < 1.29 is 20.1 Å². The molecule has 0 aromatic heterocycles. The summed E-state index contributed by atoms with van der Waals surface area (Å²) < 4.78 is 0. The molecule has 0 aliphatic heterocycles. The van der Waals surface area contributed by atoms with E-state index in [1.54, 1.807) is 0 Å². The summed E-state index contributed by atoms with van der Waals surface area (Å²) in [5.41, 5.74) is 0.0712. The number of carboxylic acid groups (broad SMARTS) is 1. The van der Waals surface area contributed by atoms with E-state index < -0.39 is 5.97 Å². The van der Waals surface area contributed by atoms with Crippen molar-refractivity contribution in [1.82, 2.24) is 4.90 Å².